The second kappa shape index (κ2) is 7.30. The molecule has 1 heterocycles. The lowest BCUT2D eigenvalue weighted by Crippen LogP contribution is -2.26. The molecule has 0 radical (unpaired) electrons. The van der Waals surface area contributed by atoms with E-state index in [-0.39, 0.29) is 5.91 Å². The Hall–Kier alpha value is -2.95. The number of benzene rings is 2. The van der Waals surface area contributed by atoms with Gasteiger partial charge >= 0.3 is 0 Å². The van der Waals surface area contributed by atoms with Crippen molar-refractivity contribution in [3.63, 3.8) is 0 Å². The van der Waals surface area contributed by atoms with Crippen LogP contribution in [0.5, 0.6) is 11.5 Å². The molecule has 0 bridgehead atoms. The molecule has 0 saturated carbocycles. The van der Waals surface area contributed by atoms with E-state index in [1.165, 1.54) is 0 Å². The van der Waals surface area contributed by atoms with Gasteiger partial charge in [0.2, 0.25) is 0 Å². The molecule has 2 aromatic carbocycles. The lowest BCUT2D eigenvalue weighted by Gasteiger charge is -2.06. The topological polar surface area (TPSA) is 63.3 Å². The average Bonchev–Trinajstić information content (AvgIpc) is 2.98. The van der Waals surface area contributed by atoms with E-state index in [9.17, 15) is 4.79 Å². The van der Waals surface area contributed by atoms with Gasteiger partial charge in [-0.05, 0) is 48.7 Å². The largest absolute Gasteiger partial charge is 0.497 e. The summed E-state index contributed by atoms with van der Waals surface area (Å²) in [6.45, 7) is 2.52. The third-order valence-corrected chi connectivity index (χ3v) is 4.35. The van der Waals surface area contributed by atoms with Crippen molar-refractivity contribution in [1.82, 2.24) is 10.3 Å². The van der Waals surface area contributed by atoms with Crippen molar-refractivity contribution < 1.29 is 14.3 Å². The van der Waals surface area contributed by atoms with E-state index in [4.69, 9.17) is 9.47 Å². The van der Waals surface area contributed by atoms with Crippen molar-refractivity contribution >= 4 is 16.8 Å². The quantitative estimate of drug-likeness (QED) is 0.723. The Balaban J connectivity index is 1.66. The minimum atomic E-state index is -0.0961. The van der Waals surface area contributed by atoms with Crippen molar-refractivity contribution in [2.45, 2.75) is 13.3 Å². The molecule has 0 aliphatic rings. The number of aryl methyl sites for hydroxylation is 1. The van der Waals surface area contributed by atoms with Crippen LogP contribution in [0.1, 0.15) is 21.6 Å². The van der Waals surface area contributed by atoms with Crippen molar-refractivity contribution in [1.29, 1.82) is 0 Å². The predicted octanol–water partition coefficient (Wildman–Crippen LogP) is 3.47. The summed E-state index contributed by atoms with van der Waals surface area (Å²) in [4.78, 5) is 15.7. The van der Waals surface area contributed by atoms with E-state index in [1.807, 2.05) is 49.4 Å². The first-order valence-corrected chi connectivity index (χ1v) is 8.20. The van der Waals surface area contributed by atoms with Crippen LogP contribution in [0.25, 0.3) is 10.9 Å². The molecule has 0 aliphatic carbocycles. The Morgan fingerprint density at radius 1 is 1.04 bits per heavy atom. The minimum Gasteiger partial charge on any atom is -0.497 e. The Kier molecular flexibility index (Phi) is 4.93. The Bertz CT molecular complexity index is 882. The number of nitrogens with one attached hydrogen (secondary N) is 2. The standard InChI is InChI=1S/C20H22N2O3/c1-13-17-9-8-16(25-3)12-18(17)22-19(13)20(23)21-11-10-14-4-6-15(24-2)7-5-14/h4-9,12,22H,10-11H2,1-3H3,(H,21,23). The highest BCUT2D eigenvalue weighted by Gasteiger charge is 2.14. The molecular formula is C20H22N2O3. The van der Waals surface area contributed by atoms with Crippen molar-refractivity contribution in [2.75, 3.05) is 20.8 Å². The third kappa shape index (κ3) is 3.60. The van der Waals surface area contributed by atoms with Gasteiger partial charge in [0, 0.05) is 23.5 Å². The minimum absolute atomic E-state index is 0.0961. The first-order valence-electron chi connectivity index (χ1n) is 8.20. The van der Waals surface area contributed by atoms with E-state index in [0.717, 1.165) is 39.9 Å². The summed E-state index contributed by atoms with van der Waals surface area (Å²) in [5, 5.41) is 4.00. The third-order valence-electron chi connectivity index (χ3n) is 4.35. The summed E-state index contributed by atoms with van der Waals surface area (Å²) < 4.78 is 10.4. The normalized spacial score (nSPS) is 10.7. The molecule has 2 N–H and O–H groups in total. The zero-order valence-electron chi connectivity index (χ0n) is 14.7. The zero-order chi connectivity index (χ0) is 17.8. The number of H-pyrrole nitrogens is 1. The first-order chi connectivity index (χ1) is 12.1. The van der Waals surface area contributed by atoms with Crippen LogP contribution in [0, 0.1) is 6.92 Å². The van der Waals surface area contributed by atoms with Crippen LogP contribution in [0.4, 0.5) is 0 Å². The summed E-state index contributed by atoms with van der Waals surface area (Å²) in [6, 6.07) is 13.6. The highest BCUT2D eigenvalue weighted by atomic mass is 16.5. The van der Waals surface area contributed by atoms with E-state index >= 15 is 0 Å². The number of rotatable bonds is 6. The molecule has 1 amide bonds. The van der Waals surface area contributed by atoms with Crippen LogP contribution in [0.2, 0.25) is 0 Å². The monoisotopic (exact) mass is 338 g/mol. The van der Waals surface area contributed by atoms with Gasteiger partial charge in [-0.1, -0.05) is 12.1 Å². The molecule has 0 fully saturated rings. The lowest BCUT2D eigenvalue weighted by molar-refractivity contribution is 0.0949. The molecule has 3 rings (SSSR count). The molecule has 0 aliphatic heterocycles. The van der Waals surface area contributed by atoms with Crippen LogP contribution in [0.15, 0.2) is 42.5 Å². The van der Waals surface area contributed by atoms with Gasteiger partial charge in [-0.15, -0.1) is 0 Å². The van der Waals surface area contributed by atoms with Crippen molar-refractivity contribution in [3.05, 3.63) is 59.3 Å². The predicted molar refractivity (Wildman–Crippen MR) is 98.6 cm³/mol. The van der Waals surface area contributed by atoms with E-state index in [1.54, 1.807) is 14.2 Å². The smallest absolute Gasteiger partial charge is 0.268 e. The number of fused-ring (bicyclic) bond motifs is 1. The second-order valence-corrected chi connectivity index (χ2v) is 5.89. The summed E-state index contributed by atoms with van der Waals surface area (Å²) >= 11 is 0. The van der Waals surface area contributed by atoms with E-state index in [0.29, 0.717) is 12.2 Å². The van der Waals surface area contributed by atoms with Gasteiger partial charge in [0.15, 0.2) is 0 Å². The lowest BCUT2D eigenvalue weighted by atomic mass is 10.1. The summed E-state index contributed by atoms with van der Waals surface area (Å²) in [5.41, 5.74) is 3.59. The molecule has 3 aromatic rings. The number of carbonyl (C=O) groups excluding carboxylic acids is 1. The Morgan fingerprint density at radius 2 is 1.72 bits per heavy atom. The number of hydrogen-bond donors (Lipinski definition) is 2. The fourth-order valence-corrected chi connectivity index (χ4v) is 2.87. The second-order valence-electron chi connectivity index (χ2n) is 5.89. The number of aromatic nitrogens is 1. The van der Waals surface area contributed by atoms with Gasteiger partial charge in [-0.3, -0.25) is 4.79 Å². The van der Waals surface area contributed by atoms with Gasteiger partial charge in [0.1, 0.15) is 17.2 Å². The van der Waals surface area contributed by atoms with E-state index in [2.05, 4.69) is 10.3 Å². The number of aromatic amines is 1. The van der Waals surface area contributed by atoms with Crippen LogP contribution < -0.4 is 14.8 Å². The molecule has 0 spiro atoms. The fourth-order valence-electron chi connectivity index (χ4n) is 2.87. The number of ether oxygens (including phenoxy) is 2. The molecule has 0 unspecified atom stereocenters. The zero-order valence-corrected chi connectivity index (χ0v) is 14.7. The molecule has 5 nitrogen and oxygen atoms in total. The van der Waals surface area contributed by atoms with Crippen LogP contribution >= 0.6 is 0 Å². The maximum absolute atomic E-state index is 12.5. The van der Waals surface area contributed by atoms with Gasteiger partial charge in [-0.25, -0.2) is 0 Å². The Labute approximate surface area is 147 Å². The molecule has 130 valence electrons. The van der Waals surface area contributed by atoms with Crippen LogP contribution in [0.3, 0.4) is 0 Å². The maximum Gasteiger partial charge on any atom is 0.268 e. The molecule has 5 heteroatoms. The van der Waals surface area contributed by atoms with Crippen LogP contribution in [-0.2, 0) is 6.42 Å². The fraction of sp³-hybridized carbons (Fsp3) is 0.250. The summed E-state index contributed by atoms with van der Waals surface area (Å²) in [7, 11) is 3.28. The van der Waals surface area contributed by atoms with Crippen molar-refractivity contribution in [3.8, 4) is 11.5 Å². The van der Waals surface area contributed by atoms with Gasteiger partial charge in [0.25, 0.3) is 5.91 Å². The van der Waals surface area contributed by atoms with Crippen LogP contribution in [-0.4, -0.2) is 31.7 Å². The SMILES string of the molecule is COc1ccc(CCNC(=O)c2[nH]c3cc(OC)ccc3c2C)cc1. The maximum atomic E-state index is 12.5. The van der Waals surface area contributed by atoms with E-state index < -0.39 is 0 Å². The molecule has 1 aromatic heterocycles. The molecular weight excluding hydrogens is 316 g/mol. The first kappa shape index (κ1) is 16.9. The van der Waals surface area contributed by atoms with Gasteiger partial charge in [0.05, 0.1) is 14.2 Å². The van der Waals surface area contributed by atoms with Crippen molar-refractivity contribution in [2.24, 2.45) is 0 Å². The highest BCUT2D eigenvalue weighted by molar-refractivity contribution is 6.01. The van der Waals surface area contributed by atoms with Gasteiger partial charge in [-0.2, -0.15) is 0 Å². The highest BCUT2D eigenvalue weighted by Crippen LogP contribution is 2.25. The number of amides is 1. The molecule has 25 heavy (non-hydrogen) atoms. The van der Waals surface area contributed by atoms with Gasteiger partial charge < -0.3 is 19.8 Å². The summed E-state index contributed by atoms with van der Waals surface area (Å²) in [6.07, 6.45) is 0.767. The Morgan fingerprint density at radius 3 is 2.40 bits per heavy atom. The molecule has 0 saturated heterocycles. The molecule has 0 atom stereocenters. The summed E-state index contributed by atoms with van der Waals surface area (Å²) in [5.74, 6) is 1.50. The number of hydrogen-bond acceptors (Lipinski definition) is 3. The number of carbonyl (C=O) groups is 1. The average molecular weight is 338 g/mol. The number of methoxy groups -OCH3 is 2.